The fraction of sp³-hybridized carbons (Fsp3) is 0.273. The van der Waals surface area contributed by atoms with Gasteiger partial charge in [-0.05, 0) is 18.6 Å². The SMILES string of the molecule is CC[C@@H](C(=O)O)n1sc2ccccc2c1=O. The average molecular weight is 237 g/mol. The highest BCUT2D eigenvalue weighted by atomic mass is 32.1. The minimum absolute atomic E-state index is 0.213. The van der Waals surface area contributed by atoms with E-state index in [1.807, 2.05) is 12.1 Å². The fourth-order valence-corrected chi connectivity index (χ4v) is 2.79. The van der Waals surface area contributed by atoms with Crippen molar-refractivity contribution in [2.75, 3.05) is 0 Å². The van der Waals surface area contributed by atoms with E-state index in [0.29, 0.717) is 11.8 Å². The molecule has 5 heteroatoms. The van der Waals surface area contributed by atoms with Crippen LogP contribution < -0.4 is 5.56 Å². The van der Waals surface area contributed by atoms with E-state index in [0.717, 1.165) is 4.70 Å². The summed E-state index contributed by atoms with van der Waals surface area (Å²) >= 11 is 1.21. The van der Waals surface area contributed by atoms with Crippen LogP contribution in [0, 0.1) is 0 Å². The van der Waals surface area contributed by atoms with Crippen LogP contribution in [0.4, 0.5) is 0 Å². The first-order valence-corrected chi connectivity index (χ1v) is 5.76. The molecule has 0 spiro atoms. The molecular weight excluding hydrogens is 226 g/mol. The Morgan fingerprint density at radius 2 is 2.19 bits per heavy atom. The topological polar surface area (TPSA) is 59.3 Å². The number of carboxylic acid groups (broad SMARTS) is 1. The molecule has 4 nitrogen and oxygen atoms in total. The Hall–Kier alpha value is -1.62. The fourth-order valence-electron chi connectivity index (χ4n) is 1.63. The van der Waals surface area contributed by atoms with E-state index in [-0.39, 0.29) is 5.56 Å². The second-order valence-corrected chi connectivity index (χ2v) is 4.50. The van der Waals surface area contributed by atoms with Crippen LogP contribution in [-0.4, -0.2) is 15.0 Å². The molecule has 1 atom stereocenters. The summed E-state index contributed by atoms with van der Waals surface area (Å²) in [5, 5.41) is 9.61. The van der Waals surface area contributed by atoms with Gasteiger partial charge in [-0.2, -0.15) is 0 Å². The zero-order valence-electron chi connectivity index (χ0n) is 8.71. The molecule has 0 saturated carbocycles. The van der Waals surface area contributed by atoms with Crippen LogP contribution in [0.25, 0.3) is 10.1 Å². The summed E-state index contributed by atoms with van der Waals surface area (Å²) in [5.41, 5.74) is -0.213. The standard InChI is InChI=1S/C11H11NO3S/c1-2-8(11(14)15)12-10(13)7-5-3-4-6-9(7)16-12/h3-6,8H,2H2,1H3,(H,14,15)/t8-/m0/s1. The predicted octanol–water partition coefficient (Wildman–Crippen LogP) is 2.10. The van der Waals surface area contributed by atoms with Gasteiger partial charge in [-0.25, -0.2) is 8.75 Å². The highest BCUT2D eigenvalue weighted by Crippen LogP contribution is 2.21. The maximum atomic E-state index is 11.9. The number of carboxylic acids is 1. The second-order valence-electron chi connectivity index (χ2n) is 3.48. The van der Waals surface area contributed by atoms with Crippen molar-refractivity contribution in [3.05, 3.63) is 34.6 Å². The zero-order valence-corrected chi connectivity index (χ0v) is 9.53. The molecule has 16 heavy (non-hydrogen) atoms. The Bertz CT molecular complexity index is 584. The first-order valence-electron chi connectivity index (χ1n) is 4.98. The monoisotopic (exact) mass is 237 g/mol. The maximum absolute atomic E-state index is 11.9. The van der Waals surface area contributed by atoms with E-state index in [1.165, 1.54) is 15.5 Å². The summed E-state index contributed by atoms with van der Waals surface area (Å²) in [7, 11) is 0. The smallest absolute Gasteiger partial charge is 0.327 e. The van der Waals surface area contributed by atoms with Crippen molar-refractivity contribution in [3.8, 4) is 0 Å². The number of nitrogens with zero attached hydrogens (tertiary/aromatic N) is 1. The van der Waals surface area contributed by atoms with Gasteiger partial charge in [-0.15, -0.1) is 0 Å². The van der Waals surface area contributed by atoms with Crippen molar-refractivity contribution in [2.45, 2.75) is 19.4 Å². The molecule has 0 amide bonds. The number of carbonyl (C=O) groups is 1. The van der Waals surface area contributed by atoms with Gasteiger partial charge in [0.15, 0.2) is 0 Å². The Morgan fingerprint density at radius 3 is 2.75 bits per heavy atom. The second kappa shape index (κ2) is 4.09. The molecule has 1 aromatic carbocycles. The molecule has 0 unspecified atom stereocenters. The molecule has 0 aliphatic carbocycles. The molecule has 0 aliphatic rings. The molecule has 0 fully saturated rings. The zero-order chi connectivity index (χ0) is 11.7. The molecular formula is C11H11NO3S. The van der Waals surface area contributed by atoms with Crippen LogP contribution in [0.15, 0.2) is 29.1 Å². The molecule has 0 radical (unpaired) electrons. The van der Waals surface area contributed by atoms with Gasteiger partial charge in [-0.3, -0.25) is 4.79 Å². The maximum Gasteiger partial charge on any atom is 0.327 e. The summed E-state index contributed by atoms with van der Waals surface area (Å²) in [6.45, 7) is 1.76. The van der Waals surface area contributed by atoms with Crippen LogP contribution in [0.1, 0.15) is 19.4 Å². The lowest BCUT2D eigenvalue weighted by atomic mass is 10.2. The summed E-state index contributed by atoms with van der Waals surface area (Å²) in [6.07, 6.45) is 0.405. The molecule has 2 rings (SSSR count). The van der Waals surface area contributed by atoms with Crippen molar-refractivity contribution in [1.29, 1.82) is 0 Å². The molecule has 1 aromatic heterocycles. The molecule has 1 heterocycles. The molecule has 0 aliphatic heterocycles. The molecule has 0 bridgehead atoms. The van der Waals surface area contributed by atoms with Gasteiger partial charge in [0.2, 0.25) is 0 Å². The first kappa shape index (κ1) is 10.9. The number of aromatic nitrogens is 1. The van der Waals surface area contributed by atoms with Gasteiger partial charge in [0, 0.05) is 0 Å². The lowest BCUT2D eigenvalue weighted by molar-refractivity contribution is -0.140. The Morgan fingerprint density at radius 1 is 1.50 bits per heavy atom. The molecule has 2 aromatic rings. The van der Waals surface area contributed by atoms with Crippen molar-refractivity contribution < 1.29 is 9.90 Å². The van der Waals surface area contributed by atoms with Gasteiger partial charge < -0.3 is 5.11 Å². The first-order chi connectivity index (χ1) is 7.65. The summed E-state index contributed by atoms with van der Waals surface area (Å²) in [4.78, 5) is 23.0. The van der Waals surface area contributed by atoms with Crippen molar-refractivity contribution in [1.82, 2.24) is 3.96 Å². The Kier molecular flexibility index (Phi) is 2.78. The molecule has 84 valence electrons. The number of hydrogen-bond donors (Lipinski definition) is 1. The quantitative estimate of drug-likeness (QED) is 0.889. The van der Waals surface area contributed by atoms with E-state index >= 15 is 0 Å². The Balaban J connectivity index is 2.65. The highest BCUT2D eigenvalue weighted by Gasteiger charge is 2.21. The third kappa shape index (κ3) is 1.63. The normalized spacial score (nSPS) is 12.8. The van der Waals surface area contributed by atoms with Crippen LogP contribution in [0.2, 0.25) is 0 Å². The number of benzene rings is 1. The van der Waals surface area contributed by atoms with E-state index in [9.17, 15) is 9.59 Å². The van der Waals surface area contributed by atoms with Gasteiger partial charge >= 0.3 is 5.97 Å². The van der Waals surface area contributed by atoms with E-state index in [1.54, 1.807) is 19.1 Å². The highest BCUT2D eigenvalue weighted by molar-refractivity contribution is 7.13. The number of aliphatic carboxylic acids is 1. The van der Waals surface area contributed by atoms with Gasteiger partial charge in [0.05, 0.1) is 10.1 Å². The van der Waals surface area contributed by atoms with E-state index in [4.69, 9.17) is 5.11 Å². The minimum Gasteiger partial charge on any atom is -0.480 e. The summed E-state index contributed by atoms with van der Waals surface area (Å²) in [6, 6.07) is 6.41. The van der Waals surface area contributed by atoms with Crippen LogP contribution in [-0.2, 0) is 4.79 Å². The van der Waals surface area contributed by atoms with Crippen molar-refractivity contribution in [2.24, 2.45) is 0 Å². The van der Waals surface area contributed by atoms with Crippen LogP contribution in [0.3, 0.4) is 0 Å². The van der Waals surface area contributed by atoms with Gasteiger partial charge in [-0.1, -0.05) is 30.6 Å². The number of fused-ring (bicyclic) bond motifs is 1. The minimum atomic E-state index is -0.962. The number of rotatable bonds is 3. The summed E-state index contributed by atoms with van der Waals surface area (Å²) < 4.78 is 2.17. The van der Waals surface area contributed by atoms with E-state index in [2.05, 4.69) is 0 Å². The molecule has 1 N–H and O–H groups in total. The third-order valence-electron chi connectivity index (χ3n) is 2.47. The lowest BCUT2D eigenvalue weighted by Gasteiger charge is -2.08. The average Bonchev–Trinajstić information content (AvgIpc) is 2.58. The predicted molar refractivity (Wildman–Crippen MR) is 63.0 cm³/mol. The van der Waals surface area contributed by atoms with E-state index < -0.39 is 12.0 Å². The summed E-state index contributed by atoms with van der Waals surface area (Å²) in [5.74, 6) is -0.962. The van der Waals surface area contributed by atoms with Gasteiger partial charge in [0.1, 0.15) is 6.04 Å². The van der Waals surface area contributed by atoms with Gasteiger partial charge in [0.25, 0.3) is 5.56 Å². The largest absolute Gasteiger partial charge is 0.480 e. The van der Waals surface area contributed by atoms with Crippen molar-refractivity contribution in [3.63, 3.8) is 0 Å². The Labute approximate surface area is 95.9 Å². The third-order valence-corrected chi connectivity index (χ3v) is 3.64. The van der Waals surface area contributed by atoms with Crippen molar-refractivity contribution >= 4 is 27.6 Å². The lowest BCUT2D eigenvalue weighted by Crippen LogP contribution is -2.24. The number of hydrogen-bond acceptors (Lipinski definition) is 3. The van der Waals surface area contributed by atoms with Crippen LogP contribution in [0.5, 0.6) is 0 Å². The molecule has 0 saturated heterocycles. The van der Waals surface area contributed by atoms with Crippen LogP contribution >= 0.6 is 11.5 Å².